The van der Waals surface area contributed by atoms with Crippen molar-refractivity contribution in [3.8, 4) is 0 Å². The molecule has 0 aromatic rings. The van der Waals surface area contributed by atoms with Gasteiger partial charge in [-0.25, -0.2) is 0 Å². The van der Waals surface area contributed by atoms with E-state index in [4.69, 9.17) is 4.74 Å². The van der Waals surface area contributed by atoms with E-state index in [1.165, 1.54) is 5.57 Å². The van der Waals surface area contributed by atoms with E-state index in [2.05, 4.69) is 6.92 Å². The predicted molar refractivity (Wildman–Crippen MR) is 71.3 cm³/mol. The van der Waals surface area contributed by atoms with Gasteiger partial charge in [-0.2, -0.15) is 0 Å². The third-order valence-corrected chi connectivity index (χ3v) is 5.46. The highest BCUT2D eigenvalue weighted by atomic mass is 16.6. The van der Waals surface area contributed by atoms with Crippen molar-refractivity contribution in [1.82, 2.24) is 0 Å². The highest BCUT2D eigenvalue weighted by molar-refractivity contribution is 6.09. The average Bonchev–Trinajstić information content (AvgIpc) is 2.71. The summed E-state index contributed by atoms with van der Waals surface area (Å²) in [7, 11) is 0. The third kappa shape index (κ3) is 1.50. The summed E-state index contributed by atoms with van der Waals surface area (Å²) in [6.07, 6.45) is 3.33. The lowest BCUT2D eigenvalue weighted by Crippen LogP contribution is -2.37. The Kier molecular flexibility index (Phi) is 2.54. The molecule has 0 amide bonds. The summed E-state index contributed by atoms with van der Waals surface area (Å²) in [6, 6.07) is 0. The highest BCUT2D eigenvalue weighted by Crippen LogP contribution is 2.54. The van der Waals surface area contributed by atoms with Crippen LogP contribution < -0.4 is 0 Å². The lowest BCUT2D eigenvalue weighted by Gasteiger charge is -2.33. The number of ketones is 1. The molecule has 2 aliphatic carbocycles. The first-order chi connectivity index (χ1) is 8.86. The molecule has 0 spiro atoms. The maximum atomic E-state index is 12.2. The zero-order valence-electron chi connectivity index (χ0n) is 11.9. The van der Waals surface area contributed by atoms with Crippen molar-refractivity contribution >= 4 is 11.8 Å². The molecule has 0 bridgehead atoms. The molecule has 0 radical (unpaired) electrons. The van der Waals surface area contributed by atoms with Gasteiger partial charge in [-0.05, 0) is 32.8 Å². The molecule has 0 aromatic heterocycles. The summed E-state index contributed by atoms with van der Waals surface area (Å²) >= 11 is 0. The second-order valence-electron chi connectivity index (χ2n) is 6.51. The first kappa shape index (κ1) is 12.6. The molecule has 4 unspecified atom stereocenters. The van der Waals surface area contributed by atoms with Crippen LogP contribution in [0.2, 0.25) is 0 Å². The number of ether oxygens (including phenoxy) is 1. The molecule has 19 heavy (non-hydrogen) atoms. The minimum Gasteiger partial charge on any atom is -0.461 e. The van der Waals surface area contributed by atoms with Crippen molar-refractivity contribution in [2.24, 2.45) is 17.3 Å². The SMILES string of the molecule is CC1=CC(=O)C2=C(C)CCC3(C)C(C)C(=O)OC3C12. The van der Waals surface area contributed by atoms with Crippen LogP contribution in [0.25, 0.3) is 0 Å². The summed E-state index contributed by atoms with van der Waals surface area (Å²) < 4.78 is 5.68. The molecule has 1 saturated heterocycles. The van der Waals surface area contributed by atoms with E-state index in [-0.39, 0.29) is 35.1 Å². The molecule has 3 aliphatic rings. The Morgan fingerprint density at radius 1 is 1.32 bits per heavy atom. The Hall–Kier alpha value is -1.38. The lowest BCUT2D eigenvalue weighted by atomic mass is 9.69. The molecule has 102 valence electrons. The average molecular weight is 260 g/mol. The fourth-order valence-electron chi connectivity index (χ4n) is 3.90. The summed E-state index contributed by atoms with van der Waals surface area (Å²) in [6.45, 7) is 8.12. The molecule has 0 saturated carbocycles. The largest absolute Gasteiger partial charge is 0.461 e. The number of esters is 1. The van der Waals surface area contributed by atoms with Gasteiger partial charge in [0.2, 0.25) is 0 Å². The van der Waals surface area contributed by atoms with Crippen LogP contribution >= 0.6 is 0 Å². The number of fused-ring (bicyclic) bond motifs is 3. The van der Waals surface area contributed by atoms with Crippen molar-refractivity contribution in [3.63, 3.8) is 0 Å². The highest BCUT2D eigenvalue weighted by Gasteiger charge is 2.57. The Balaban J connectivity index is 2.14. The molecule has 3 heteroatoms. The topological polar surface area (TPSA) is 43.4 Å². The van der Waals surface area contributed by atoms with Crippen molar-refractivity contribution in [2.75, 3.05) is 0 Å². The normalized spacial score (nSPS) is 41.7. The van der Waals surface area contributed by atoms with Crippen LogP contribution in [-0.4, -0.2) is 17.9 Å². The molecule has 1 heterocycles. The molecular weight excluding hydrogens is 240 g/mol. The van der Waals surface area contributed by atoms with Gasteiger partial charge in [-0.15, -0.1) is 0 Å². The Morgan fingerprint density at radius 2 is 2.00 bits per heavy atom. The maximum Gasteiger partial charge on any atom is 0.309 e. The van der Waals surface area contributed by atoms with E-state index in [1.54, 1.807) is 6.08 Å². The van der Waals surface area contributed by atoms with Crippen molar-refractivity contribution in [3.05, 3.63) is 22.8 Å². The summed E-state index contributed by atoms with van der Waals surface area (Å²) in [5, 5.41) is 0. The first-order valence-corrected chi connectivity index (χ1v) is 6.99. The maximum absolute atomic E-state index is 12.2. The smallest absolute Gasteiger partial charge is 0.309 e. The molecular formula is C16H20O3. The second-order valence-corrected chi connectivity index (χ2v) is 6.51. The summed E-state index contributed by atoms with van der Waals surface area (Å²) in [5.74, 6) is -0.111. The molecule has 3 nitrogen and oxygen atoms in total. The molecule has 1 aliphatic heterocycles. The van der Waals surface area contributed by atoms with Crippen LogP contribution in [0.1, 0.15) is 40.5 Å². The van der Waals surface area contributed by atoms with Crippen molar-refractivity contribution in [1.29, 1.82) is 0 Å². The van der Waals surface area contributed by atoms with Crippen LogP contribution in [-0.2, 0) is 14.3 Å². The third-order valence-electron chi connectivity index (χ3n) is 5.46. The van der Waals surface area contributed by atoms with Crippen LogP contribution in [0.15, 0.2) is 22.8 Å². The second kappa shape index (κ2) is 3.81. The minimum absolute atomic E-state index is 0.0195. The van der Waals surface area contributed by atoms with Gasteiger partial charge < -0.3 is 4.74 Å². The van der Waals surface area contributed by atoms with Crippen molar-refractivity contribution in [2.45, 2.75) is 46.6 Å². The van der Waals surface area contributed by atoms with Crippen LogP contribution in [0.3, 0.4) is 0 Å². The van der Waals surface area contributed by atoms with E-state index in [0.717, 1.165) is 24.0 Å². The van der Waals surface area contributed by atoms with E-state index >= 15 is 0 Å². The van der Waals surface area contributed by atoms with Gasteiger partial charge >= 0.3 is 5.97 Å². The fourth-order valence-corrected chi connectivity index (χ4v) is 3.90. The van der Waals surface area contributed by atoms with E-state index < -0.39 is 0 Å². The number of carbonyl (C=O) groups is 2. The number of allylic oxidation sites excluding steroid dienone is 2. The van der Waals surface area contributed by atoms with Crippen LogP contribution in [0.5, 0.6) is 0 Å². The van der Waals surface area contributed by atoms with Gasteiger partial charge in [0.25, 0.3) is 0 Å². The first-order valence-electron chi connectivity index (χ1n) is 6.99. The van der Waals surface area contributed by atoms with Gasteiger partial charge in [0.1, 0.15) is 6.10 Å². The molecule has 0 N–H and O–H groups in total. The zero-order chi connectivity index (χ0) is 13.9. The Labute approximate surface area is 113 Å². The zero-order valence-corrected chi connectivity index (χ0v) is 11.9. The van der Waals surface area contributed by atoms with Crippen molar-refractivity contribution < 1.29 is 14.3 Å². The van der Waals surface area contributed by atoms with Gasteiger partial charge in [-0.1, -0.05) is 25.0 Å². The molecule has 3 rings (SSSR count). The van der Waals surface area contributed by atoms with E-state index in [9.17, 15) is 9.59 Å². The number of rotatable bonds is 0. The number of hydrogen-bond donors (Lipinski definition) is 0. The molecule has 0 aromatic carbocycles. The number of hydrogen-bond acceptors (Lipinski definition) is 3. The van der Waals surface area contributed by atoms with Crippen LogP contribution in [0, 0.1) is 17.3 Å². The lowest BCUT2D eigenvalue weighted by molar-refractivity contribution is -0.145. The minimum atomic E-state index is -0.176. The van der Waals surface area contributed by atoms with Gasteiger partial charge in [0.05, 0.1) is 5.92 Å². The monoisotopic (exact) mass is 260 g/mol. The standard InChI is InChI=1S/C16H20O3/c1-8-5-6-16(4)10(3)15(18)19-14(16)13-9(2)7-11(17)12(8)13/h7,10,13-14H,5-6H2,1-4H3. The van der Waals surface area contributed by atoms with Crippen LogP contribution in [0.4, 0.5) is 0 Å². The fraction of sp³-hybridized carbons (Fsp3) is 0.625. The van der Waals surface area contributed by atoms with Gasteiger partial charge in [0, 0.05) is 16.9 Å². The Bertz CT molecular complexity index is 540. The molecule has 1 fully saturated rings. The van der Waals surface area contributed by atoms with E-state index in [1.807, 2.05) is 20.8 Å². The quantitative estimate of drug-likeness (QED) is 0.629. The summed E-state index contributed by atoms with van der Waals surface area (Å²) in [4.78, 5) is 24.1. The Morgan fingerprint density at radius 3 is 2.68 bits per heavy atom. The summed E-state index contributed by atoms with van der Waals surface area (Å²) in [5.41, 5.74) is 2.93. The van der Waals surface area contributed by atoms with Gasteiger partial charge in [-0.3, -0.25) is 9.59 Å². The predicted octanol–water partition coefficient (Wildman–Crippen LogP) is 2.81. The van der Waals surface area contributed by atoms with Gasteiger partial charge in [0.15, 0.2) is 5.78 Å². The van der Waals surface area contributed by atoms with E-state index in [0.29, 0.717) is 0 Å². The molecule has 4 atom stereocenters. The number of carbonyl (C=O) groups excluding carboxylic acids is 2.